The average molecular weight is 269 g/mol. The lowest BCUT2D eigenvalue weighted by Gasteiger charge is -2.21. The molecule has 0 bridgehead atoms. The molecule has 0 radical (unpaired) electrons. The van der Waals surface area contributed by atoms with E-state index in [1.807, 2.05) is 42.2 Å². The van der Waals surface area contributed by atoms with Crippen LogP contribution in [0.3, 0.4) is 0 Å². The van der Waals surface area contributed by atoms with Crippen molar-refractivity contribution in [2.24, 2.45) is 0 Å². The first-order chi connectivity index (χ1) is 9.74. The number of ether oxygens (including phenoxy) is 1. The summed E-state index contributed by atoms with van der Waals surface area (Å²) in [6, 6.07) is 14.1. The van der Waals surface area contributed by atoms with Crippen LogP contribution in [0, 0.1) is 0 Å². The van der Waals surface area contributed by atoms with Gasteiger partial charge in [-0.3, -0.25) is 4.79 Å². The van der Waals surface area contributed by atoms with Crippen molar-refractivity contribution < 1.29 is 9.53 Å². The Balaban J connectivity index is 1.73. The summed E-state index contributed by atoms with van der Waals surface area (Å²) in [4.78, 5) is 14.1. The first-order valence-electron chi connectivity index (χ1n) is 7.18. The first-order valence-corrected chi connectivity index (χ1v) is 7.18. The van der Waals surface area contributed by atoms with Crippen LogP contribution in [-0.2, 0) is 4.79 Å². The minimum absolute atomic E-state index is 0.0932. The zero-order valence-electron chi connectivity index (χ0n) is 11.7. The fourth-order valence-corrected chi connectivity index (χ4v) is 2.69. The molecule has 0 aromatic heterocycles. The Labute approximate surface area is 119 Å². The number of rotatable bonds is 3. The van der Waals surface area contributed by atoms with Crippen LogP contribution >= 0.6 is 0 Å². The zero-order chi connectivity index (χ0) is 13.9. The molecule has 3 heteroatoms. The van der Waals surface area contributed by atoms with Gasteiger partial charge in [0.05, 0.1) is 0 Å². The normalized spacial score (nSPS) is 16.4. The minimum atomic E-state index is -0.422. The van der Waals surface area contributed by atoms with Crippen molar-refractivity contribution in [3.63, 3.8) is 0 Å². The van der Waals surface area contributed by atoms with Gasteiger partial charge in [-0.1, -0.05) is 30.3 Å². The van der Waals surface area contributed by atoms with E-state index in [0.717, 1.165) is 37.1 Å². The second-order valence-electron chi connectivity index (χ2n) is 5.30. The lowest BCUT2D eigenvalue weighted by Crippen LogP contribution is -2.38. The van der Waals surface area contributed by atoms with E-state index in [0.29, 0.717) is 0 Å². The van der Waals surface area contributed by atoms with Gasteiger partial charge in [0.25, 0.3) is 5.91 Å². The molecule has 1 amide bonds. The molecule has 3 nitrogen and oxygen atoms in total. The summed E-state index contributed by atoms with van der Waals surface area (Å²) in [6.45, 7) is 3.56. The van der Waals surface area contributed by atoms with Crippen LogP contribution in [0.4, 0.5) is 0 Å². The van der Waals surface area contributed by atoms with Gasteiger partial charge in [-0.25, -0.2) is 0 Å². The molecule has 1 fully saturated rings. The van der Waals surface area contributed by atoms with E-state index in [4.69, 9.17) is 4.74 Å². The fraction of sp³-hybridized carbons (Fsp3) is 0.353. The van der Waals surface area contributed by atoms with Crippen molar-refractivity contribution in [3.8, 4) is 5.75 Å². The Morgan fingerprint density at radius 1 is 1.10 bits per heavy atom. The topological polar surface area (TPSA) is 29.5 Å². The maximum Gasteiger partial charge on any atom is 0.263 e. The second-order valence-corrected chi connectivity index (χ2v) is 5.30. The smallest absolute Gasteiger partial charge is 0.263 e. The van der Waals surface area contributed by atoms with Gasteiger partial charge in [0.2, 0.25) is 0 Å². The number of carbonyl (C=O) groups excluding carboxylic acids is 1. The predicted molar refractivity (Wildman–Crippen MR) is 79.9 cm³/mol. The number of carbonyl (C=O) groups is 1. The number of likely N-dealkylation sites (tertiary alicyclic amines) is 1. The van der Waals surface area contributed by atoms with Crippen molar-refractivity contribution in [2.45, 2.75) is 25.9 Å². The van der Waals surface area contributed by atoms with Gasteiger partial charge < -0.3 is 9.64 Å². The third-order valence-corrected chi connectivity index (χ3v) is 3.80. The second kappa shape index (κ2) is 5.53. The van der Waals surface area contributed by atoms with Crippen LogP contribution in [0.25, 0.3) is 10.8 Å². The molecule has 104 valence electrons. The van der Waals surface area contributed by atoms with Crippen molar-refractivity contribution in [2.75, 3.05) is 13.1 Å². The summed E-state index contributed by atoms with van der Waals surface area (Å²) in [5.74, 6) is 0.847. The quantitative estimate of drug-likeness (QED) is 0.856. The molecule has 1 aliphatic heterocycles. The largest absolute Gasteiger partial charge is 0.481 e. The summed E-state index contributed by atoms with van der Waals surface area (Å²) in [5.41, 5.74) is 0. The van der Waals surface area contributed by atoms with Crippen molar-refractivity contribution >= 4 is 16.7 Å². The van der Waals surface area contributed by atoms with Gasteiger partial charge in [0.15, 0.2) is 6.10 Å². The highest BCUT2D eigenvalue weighted by atomic mass is 16.5. The number of amides is 1. The summed E-state index contributed by atoms with van der Waals surface area (Å²) >= 11 is 0. The SMILES string of the molecule is C[C@H](Oc1ccc2ccccc2c1)C(=O)N1CCCC1. The molecule has 0 N–H and O–H groups in total. The molecule has 1 atom stereocenters. The van der Waals surface area contributed by atoms with Crippen LogP contribution in [-0.4, -0.2) is 30.0 Å². The third kappa shape index (κ3) is 2.62. The Kier molecular flexibility index (Phi) is 3.59. The van der Waals surface area contributed by atoms with Gasteiger partial charge in [-0.05, 0) is 42.7 Å². The molecule has 0 unspecified atom stereocenters. The van der Waals surface area contributed by atoms with Gasteiger partial charge in [-0.15, -0.1) is 0 Å². The number of hydrogen-bond donors (Lipinski definition) is 0. The molecule has 0 saturated carbocycles. The number of fused-ring (bicyclic) bond motifs is 1. The van der Waals surface area contributed by atoms with Crippen molar-refractivity contribution in [1.29, 1.82) is 0 Å². The summed E-state index contributed by atoms with van der Waals surface area (Å²) in [7, 11) is 0. The molecule has 3 rings (SSSR count). The molecule has 0 spiro atoms. The predicted octanol–water partition coefficient (Wildman–Crippen LogP) is 3.23. The van der Waals surface area contributed by atoms with Crippen LogP contribution in [0.15, 0.2) is 42.5 Å². The average Bonchev–Trinajstić information content (AvgIpc) is 3.00. The maximum absolute atomic E-state index is 12.2. The molecule has 20 heavy (non-hydrogen) atoms. The van der Waals surface area contributed by atoms with E-state index in [9.17, 15) is 4.79 Å². The highest BCUT2D eigenvalue weighted by Gasteiger charge is 2.24. The number of hydrogen-bond acceptors (Lipinski definition) is 2. The van der Waals surface area contributed by atoms with Crippen LogP contribution in [0.5, 0.6) is 5.75 Å². The lowest BCUT2D eigenvalue weighted by molar-refractivity contribution is -0.136. The lowest BCUT2D eigenvalue weighted by atomic mass is 10.1. The van der Waals surface area contributed by atoms with Crippen LogP contribution in [0.2, 0.25) is 0 Å². The Bertz CT molecular complexity index is 617. The zero-order valence-corrected chi connectivity index (χ0v) is 11.7. The summed E-state index contributed by atoms with van der Waals surface area (Å²) < 4.78 is 5.81. The monoisotopic (exact) mass is 269 g/mol. The van der Waals surface area contributed by atoms with E-state index < -0.39 is 6.10 Å². The standard InChI is InChI=1S/C17H19NO2/c1-13(17(19)18-10-4-5-11-18)20-16-9-8-14-6-2-3-7-15(14)12-16/h2-3,6-9,12-13H,4-5,10-11H2,1H3/t13-/m0/s1. The van der Waals surface area contributed by atoms with E-state index in [1.165, 1.54) is 5.39 Å². The molecule has 1 saturated heterocycles. The molecular weight excluding hydrogens is 250 g/mol. The van der Waals surface area contributed by atoms with Gasteiger partial charge >= 0.3 is 0 Å². The Hall–Kier alpha value is -2.03. The van der Waals surface area contributed by atoms with E-state index >= 15 is 0 Å². The van der Waals surface area contributed by atoms with Crippen LogP contribution in [0.1, 0.15) is 19.8 Å². The van der Waals surface area contributed by atoms with Crippen molar-refractivity contribution in [3.05, 3.63) is 42.5 Å². The number of benzene rings is 2. The van der Waals surface area contributed by atoms with E-state index in [1.54, 1.807) is 0 Å². The maximum atomic E-state index is 12.2. The van der Waals surface area contributed by atoms with E-state index in [-0.39, 0.29) is 5.91 Å². The fourth-order valence-electron chi connectivity index (χ4n) is 2.69. The van der Waals surface area contributed by atoms with Gasteiger partial charge in [0.1, 0.15) is 5.75 Å². The van der Waals surface area contributed by atoms with Crippen LogP contribution < -0.4 is 4.74 Å². The van der Waals surface area contributed by atoms with Gasteiger partial charge in [0, 0.05) is 13.1 Å². The molecule has 0 aliphatic carbocycles. The molecule has 1 heterocycles. The molecule has 2 aromatic carbocycles. The van der Waals surface area contributed by atoms with Gasteiger partial charge in [-0.2, -0.15) is 0 Å². The van der Waals surface area contributed by atoms with Crippen molar-refractivity contribution in [1.82, 2.24) is 4.90 Å². The molecule has 1 aliphatic rings. The Morgan fingerprint density at radius 2 is 1.80 bits per heavy atom. The van der Waals surface area contributed by atoms with E-state index in [2.05, 4.69) is 12.1 Å². The molecule has 2 aromatic rings. The summed E-state index contributed by atoms with van der Waals surface area (Å²) in [6.07, 6.45) is 1.79. The third-order valence-electron chi connectivity index (χ3n) is 3.80. The molecular formula is C17H19NO2. The highest BCUT2D eigenvalue weighted by molar-refractivity contribution is 5.84. The minimum Gasteiger partial charge on any atom is -0.481 e. The summed E-state index contributed by atoms with van der Waals surface area (Å²) in [5, 5.41) is 2.31. The first kappa shape index (κ1) is 13.0. The number of nitrogens with zero attached hydrogens (tertiary/aromatic N) is 1. The Morgan fingerprint density at radius 3 is 2.55 bits per heavy atom. The highest BCUT2D eigenvalue weighted by Crippen LogP contribution is 2.22.